The normalized spacial score (nSPS) is 10.8. The molecule has 0 unspecified atom stereocenters. The van der Waals surface area contributed by atoms with Crippen molar-refractivity contribution in [1.82, 2.24) is 4.98 Å². The summed E-state index contributed by atoms with van der Waals surface area (Å²) in [6.07, 6.45) is 0. The fourth-order valence-electron chi connectivity index (χ4n) is 2.58. The van der Waals surface area contributed by atoms with Crippen molar-refractivity contribution in [2.45, 2.75) is 0 Å². The molecule has 1 N–H and O–H groups in total. The standard InChI is InChI=1S/C20H12Cl2N2O2/c21-15-8-4-7-14(18(15)22)20-24-16-11-13(9-10-17(16)26-20)23-19(25)12-5-2-1-3-6-12/h1-11H,(H,23,25). The summed E-state index contributed by atoms with van der Waals surface area (Å²) >= 11 is 12.3. The van der Waals surface area contributed by atoms with Crippen molar-refractivity contribution in [1.29, 1.82) is 0 Å². The van der Waals surface area contributed by atoms with Crippen molar-refractivity contribution >= 4 is 45.9 Å². The average molecular weight is 383 g/mol. The molecule has 0 radical (unpaired) electrons. The Morgan fingerprint density at radius 3 is 2.58 bits per heavy atom. The fraction of sp³-hybridized carbons (Fsp3) is 0. The number of hydrogen-bond donors (Lipinski definition) is 1. The van der Waals surface area contributed by atoms with E-state index < -0.39 is 0 Å². The molecule has 4 nitrogen and oxygen atoms in total. The minimum Gasteiger partial charge on any atom is -0.436 e. The lowest BCUT2D eigenvalue weighted by molar-refractivity contribution is 0.102. The van der Waals surface area contributed by atoms with Crippen molar-refractivity contribution in [2.24, 2.45) is 0 Å². The zero-order chi connectivity index (χ0) is 18.1. The van der Waals surface area contributed by atoms with E-state index in [1.165, 1.54) is 0 Å². The predicted molar refractivity (Wildman–Crippen MR) is 104 cm³/mol. The maximum atomic E-state index is 12.3. The van der Waals surface area contributed by atoms with Gasteiger partial charge in [-0.25, -0.2) is 4.98 Å². The Hall–Kier alpha value is -2.82. The number of amides is 1. The van der Waals surface area contributed by atoms with E-state index in [0.29, 0.717) is 43.9 Å². The molecule has 26 heavy (non-hydrogen) atoms. The number of oxazole rings is 1. The first-order chi connectivity index (χ1) is 12.6. The minimum atomic E-state index is -0.188. The highest BCUT2D eigenvalue weighted by atomic mass is 35.5. The molecule has 1 amide bonds. The number of aromatic nitrogens is 1. The molecule has 0 saturated heterocycles. The Labute approximate surface area is 159 Å². The molecule has 3 aromatic carbocycles. The third-order valence-corrected chi connectivity index (χ3v) is 4.68. The quantitative estimate of drug-likeness (QED) is 0.468. The van der Waals surface area contributed by atoms with Gasteiger partial charge in [-0.05, 0) is 42.5 Å². The van der Waals surface area contributed by atoms with Crippen LogP contribution in [0.1, 0.15) is 10.4 Å². The van der Waals surface area contributed by atoms with Gasteiger partial charge in [0.2, 0.25) is 5.89 Å². The van der Waals surface area contributed by atoms with Crippen molar-refractivity contribution in [3.63, 3.8) is 0 Å². The third kappa shape index (κ3) is 3.17. The van der Waals surface area contributed by atoms with E-state index in [1.54, 1.807) is 48.5 Å². The monoisotopic (exact) mass is 382 g/mol. The number of nitrogens with one attached hydrogen (secondary N) is 1. The lowest BCUT2D eigenvalue weighted by Gasteiger charge is -2.04. The molecule has 1 aromatic heterocycles. The highest BCUT2D eigenvalue weighted by Gasteiger charge is 2.14. The van der Waals surface area contributed by atoms with Crippen molar-refractivity contribution in [3.05, 3.63) is 82.3 Å². The molecule has 128 valence electrons. The van der Waals surface area contributed by atoms with Gasteiger partial charge in [-0.1, -0.05) is 47.5 Å². The van der Waals surface area contributed by atoms with Crippen LogP contribution in [0, 0.1) is 0 Å². The molecule has 1 heterocycles. The molecule has 0 aliphatic carbocycles. The number of hydrogen-bond acceptors (Lipinski definition) is 3. The summed E-state index contributed by atoms with van der Waals surface area (Å²) in [4.78, 5) is 16.7. The number of anilines is 1. The smallest absolute Gasteiger partial charge is 0.255 e. The lowest BCUT2D eigenvalue weighted by Crippen LogP contribution is -2.11. The second kappa shape index (κ2) is 6.83. The Morgan fingerprint density at radius 1 is 0.962 bits per heavy atom. The second-order valence-corrected chi connectivity index (χ2v) is 6.41. The summed E-state index contributed by atoms with van der Waals surface area (Å²) in [5.41, 5.74) is 3.03. The van der Waals surface area contributed by atoms with Crippen LogP contribution in [0.3, 0.4) is 0 Å². The predicted octanol–water partition coefficient (Wildman–Crippen LogP) is 6.05. The van der Waals surface area contributed by atoms with Crippen LogP contribution in [0.5, 0.6) is 0 Å². The van der Waals surface area contributed by atoms with Crippen LogP contribution in [0.4, 0.5) is 5.69 Å². The summed E-state index contributed by atoms with van der Waals surface area (Å²) < 4.78 is 5.77. The summed E-state index contributed by atoms with van der Waals surface area (Å²) in [5.74, 6) is 0.186. The maximum absolute atomic E-state index is 12.3. The highest BCUT2D eigenvalue weighted by molar-refractivity contribution is 6.43. The fourth-order valence-corrected chi connectivity index (χ4v) is 2.96. The Kier molecular flexibility index (Phi) is 4.37. The number of carbonyl (C=O) groups is 1. The lowest BCUT2D eigenvalue weighted by atomic mass is 10.2. The molecule has 0 saturated carbocycles. The van der Waals surface area contributed by atoms with Gasteiger partial charge >= 0.3 is 0 Å². The molecule has 6 heteroatoms. The first-order valence-electron chi connectivity index (χ1n) is 7.83. The number of halogens is 2. The molecular weight excluding hydrogens is 371 g/mol. The molecule has 0 aliphatic rings. The van der Waals surface area contributed by atoms with Gasteiger partial charge in [-0.3, -0.25) is 4.79 Å². The van der Waals surface area contributed by atoms with Crippen LogP contribution in [0.15, 0.2) is 71.1 Å². The molecule has 0 aliphatic heterocycles. The number of fused-ring (bicyclic) bond motifs is 1. The van der Waals surface area contributed by atoms with Crippen LogP contribution in [-0.4, -0.2) is 10.9 Å². The van der Waals surface area contributed by atoms with E-state index >= 15 is 0 Å². The highest BCUT2D eigenvalue weighted by Crippen LogP contribution is 2.34. The van der Waals surface area contributed by atoms with Crippen molar-refractivity contribution in [2.75, 3.05) is 5.32 Å². The SMILES string of the molecule is O=C(Nc1ccc2oc(-c3cccc(Cl)c3Cl)nc2c1)c1ccccc1. The molecular formula is C20H12Cl2N2O2. The zero-order valence-electron chi connectivity index (χ0n) is 13.4. The summed E-state index contributed by atoms with van der Waals surface area (Å²) in [7, 11) is 0. The zero-order valence-corrected chi connectivity index (χ0v) is 14.9. The van der Waals surface area contributed by atoms with Crippen LogP contribution < -0.4 is 5.32 Å². The van der Waals surface area contributed by atoms with Gasteiger partial charge in [0.1, 0.15) is 5.52 Å². The Bertz CT molecular complexity index is 1110. The van der Waals surface area contributed by atoms with Gasteiger partial charge in [0.05, 0.1) is 15.6 Å². The first kappa shape index (κ1) is 16.6. The minimum absolute atomic E-state index is 0.188. The van der Waals surface area contributed by atoms with Crippen LogP contribution in [0.2, 0.25) is 10.0 Å². The second-order valence-electron chi connectivity index (χ2n) is 5.62. The summed E-state index contributed by atoms with van der Waals surface area (Å²) in [6.45, 7) is 0. The van der Waals surface area contributed by atoms with Gasteiger partial charge in [0.15, 0.2) is 5.58 Å². The molecule has 4 rings (SSSR count). The van der Waals surface area contributed by atoms with E-state index in [-0.39, 0.29) is 5.91 Å². The van der Waals surface area contributed by atoms with E-state index in [0.717, 1.165) is 0 Å². The van der Waals surface area contributed by atoms with Gasteiger partial charge < -0.3 is 9.73 Å². The molecule has 0 bridgehead atoms. The van der Waals surface area contributed by atoms with Crippen LogP contribution in [0.25, 0.3) is 22.6 Å². The van der Waals surface area contributed by atoms with Crippen LogP contribution in [-0.2, 0) is 0 Å². The van der Waals surface area contributed by atoms with E-state index in [1.807, 2.05) is 18.2 Å². The average Bonchev–Trinajstić information content (AvgIpc) is 3.07. The summed E-state index contributed by atoms with van der Waals surface area (Å²) in [5, 5.41) is 3.67. The number of carbonyl (C=O) groups excluding carboxylic acids is 1. The number of benzene rings is 3. The van der Waals surface area contributed by atoms with E-state index in [2.05, 4.69) is 10.3 Å². The van der Waals surface area contributed by atoms with Gasteiger partial charge in [-0.15, -0.1) is 0 Å². The van der Waals surface area contributed by atoms with E-state index in [9.17, 15) is 4.79 Å². The molecule has 4 aromatic rings. The van der Waals surface area contributed by atoms with Crippen molar-refractivity contribution in [3.8, 4) is 11.5 Å². The first-order valence-corrected chi connectivity index (χ1v) is 8.59. The molecule has 0 atom stereocenters. The molecule has 0 fully saturated rings. The molecule has 0 spiro atoms. The number of nitrogens with zero attached hydrogens (tertiary/aromatic N) is 1. The van der Waals surface area contributed by atoms with Gasteiger partial charge in [-0.2, -0.15) is 0 Å². The maximum Gasteiger partial charge on any atom is 0.255 e. The Morgan fingerprint density at radius 2 is 1.77 bits per heavy atom. The van der Waals surface area contributed by atoms with Crippen LogP contribution >= 0.6 is 23.2 Å². The largest absolute Gasteiger partial charge is 0.436 e. The summed E-state index contributed by atoms with van der Waals surface area (Å²) in [6, 6.07) is 19.5. The van der Waals surface area contributed by atoms with Gasteiger partial charge in [0, 0.05) is 11.3 Å². The topological polar surface area (TPSA) is 55.1 Å². The third-order valence-electron chi connectivity index (χ3n) is 3.86. The Balaban J connectivity index is 1.66. The number of rotatable bonds is 3. The van der Waals surface area contributed by atoms with E-state index in [4.69, 9.17) is 27.6 Å². The van der Waals surface area contributed by atoms with Gasteiger partial charge in [0.25, 0.3) is 5.91 Å². The van der Waals surface area contributed by atoms with Crippen molar-refractivity contribution < 1.29 is 9.21 Å².